The molecule has 1 atom stereocenters. The molecule has 0 spiro atoms. The first-order valence-electron chi connectivity index (χ1n) is 8.21. The lowest BCUT2D eigenvalue weighted by Gasteiger charge is -2.30. The Morgan fingerprint density at radius 1 is 1.18 bits per heavy atom. The van der Waals surface area contributed by atoms with Crippen LogP contribution in [0, 0.1) is 0 Å². The molecule has 2 saturated heterocycles. The largest absolute Gasteiger partial charge is 0.379 e. The number of ether oxygens (including phenoxy) is 1. The van der Waals surface area contributed by atoms with Crippen molar-refractivity contribution in [1.82, 2.24) is 19.9 Å². The summed E-state index contributed by atoms with van der Waals surface area (Å²) in [5.74, 6) is 1.92. The molecule has 1 amide bonds. The Labute approximate surface area is 129 Å². The second-order valence-corrected chi connectivity index (χ2v) is 6.45. The molecule has 2 aliphatic heterocycles. The number of carbonyl (C=O) groups is 1. The van der Waals surface area contributed by atoms with E-state index in [1.807, 2.05) is 4.90 Å². The van der Waals surface area contributed by atoms with E-state index in [4.69, 9.17) is 9.26 Å². The normalized spacial score (nSPS) is 27.4. The number of amides is 1. The van der Waals surface area contributed by atoms with E-state index in [-0.39, 0.29) is 11.8 Å². The van der Waals surface area contributed by atoms with Gasteiger partial charge >= 0.3 is 0 Å². The number of aromatic nitrogens is 2. The number of nitrogens with zero attached hydrogens (tertiary/aromatic N) is 4. The van der Waals surface area contributed by atoms with Crippen molar-refractivity contribution in [2.75, 3.05) is 32.8 Å². The lowest BCUT2D eigenvalue weighted by atomic mass is 9.97. The van der Waals surface area contributed by atoms with Crippen LogP contribution >= 0.6 is 0 Å². The van der Waals surface area contributed by atoms with Crippen molar-refractivity contribution >= 4 is 5.91 Å². The maximum Gasteiger partial charge on any atom is 0.231 e. The van der Waals surface area contributed by atoms with Gasteiger partial charge in [0.2, 0.25) is 11.8 Å². The van der Waals surface area contributed by atoms with Gasteiger partial charge in [0, 0.05) is 32.1 Å². The molecule has 1 aliphatic carbocycles. The van der Waals surface area contributed by atoms with Crippen LogP contribution in [-0.4, -0.2) is 64.7 Å². The van der Waals surface area contributed by atoms with Crippen molar-refractivity contribution in [3.8, 4) is 0 Å². The molecule has 3 fully saturated rings. The first kappa shape index (κ1) is 14.1. The van der Waals surface area contributed by atoms with Crippen molar-refractivity contribution in [3.63, 3.8) is 0 Å². The maximum absolute atomic E-state index is 12.0. The fourth-order valence-electron chi connectivity index (χ4n) is 3.27. The Morgan fingerprint density at radius 3 is 2.77 bits per heavy atom. The third-order valence-electron chi connectivity index (χ3n) is 4.73. The van der Waals surface area contributed by atoms with E-state index in [0.717, 1.165) is 57.9 Å². The van der Waals surface area contributed by atoms with Crippen molar-refractivity contribution in [2.24, 2.45) is 0 Å². The molecule has 0 aromatic carbocycles. The summed E-state index contributed by atoms with van der Waals surface area (Å²) in [6.45, 7) is 4.82. The van der Waals surface area contributed by atoms with E-state index in [2.05, 4.69) is 15.0 Å². The first-order valence-corrected chi connectivity index (χ1v) is 8.21. The van der Waals surface area contributed by atoms with Crippen LogP contribution in [0.2, 0.25) is 0 Å². The van der Waals surface area contributed by atoms with Gasteiger partial charge in [-0.3, -0.25) is 9.69 Å². The molecule has 3 heterocycles. The van der Waals surface area contributed by atoms with Gasteiger partial charge in [0.25, 0.3) is 0 Å². The third kappa shape index (κ3) is 3.01. The fourth-order valence-corrected chi connectivity index (χ4v) is 3.27. The van der Waals surface area contributed by atoms with Crippen LogP contribution in [0.15, 0.2) is 4.52 Å². The molecule has 120 valence electrons. The number of morpholine rings is 1. The molecule has 7 nitrogen and oxygen atoms in total. The molecule has 1 aromatic heterocycles. The van der Waals surface area contributed by atoms with Gasteiger partial charge in [-0.05, 0) is 19.3 Å². The molecular weight excluding hydrogens is 284 g/mol. The zero-order valence-corrected chi connectivity index (χ0v) is 12.7. The Hall–Kier alpha value is -1.47. The number of carbonyl (C=O) groups excluding carboxylic acids is 1. The van der Waals surface area contributed by atoms with Gasteiger partial charge in [-0.25, -0.2) is 0 Å². The Balaban J connectivity index is 1.39. The minimum Gasteiger partial charge on any atom is -0.379 e. The monoisotopic (exact) mass is 306 g/mol. The molecule has 1 saturated carbocycles. The van der Waals surface area contributed by atoms with Crippen LogP contribution in [0.25, 0.3) is 0 Å². The van der Waals surface area contributed by atoms with E-state index in [1.54, 1.807) is 0 Å². The summed E-state index contributed by atoms with van der Waals surface area (Å²) in [4.78, 5) is 20.8. The van der Waals surface area contributed by atoms with Crippen molar-refractivity contribution in [2.45, 2.75) is 44.2 Å². The highest BCUT2D eigenvalue weighted by atomic mass is 16.5. The standard InChI is InChI=1S/C15H22N4O3/c20-14-4-1-11(9-19(14)12-2-3-12)15-16-13(17-22-15)10-18-5-7-21-8-6-18/h11-12H,1-10H2/t11-/m0/s1. The summed E-state index contributed by atoms with van der Waals surface area (Å²) in [6, 6.07) is 0.464. The Bertz CT molecular complexity index is 537. The van der Waals surface area contributed by atoms with Crippen molar-refractivity contribution in [1.29, 1.82) is 0 Å². The quantitative estimate of drug-likeness (QED) is 0.818. The SMILES string of the molecule is O=C1CC[C@H](c2nc(CN3CCOCC3)no2)CN1C1CC1. The lowest BCUT2D eigenvalue weighted by Crippen LogP contribution is -2.40. The number of rotatable bonds is 4. The van der Waals surface area contributed by atoms with Gasteiger partial charge in [-0.15, -0.1) is 0 Å². The van der Waals surface area contributed by atoms with Gasteiger partial charge in [0.1, 0.15) is 0 Å². The smallest absolute Gasteiger partial charge is 0.231 e. The van der Waals surface area contributed by atoms with Crippen molar-refractivity contribution in [3.05, 3.63) is 11.7 Å². The molecule has 22 heavy (non-hydrogen) atoms. The zero-order chi connectivity index (χ0) is 14.9. The number of hydrogen-bond acceptors (Lipinski definition) is 6. The summed E-state index contributed by atoms with van der Waals surface area (Å²) in [5.41, 5.74) is 0. The predicted octanol–water partition coefficient (Wildman–Crippen LogP) is 0.770. The summed E-state index contributed by atoms with van der Waals surface area (Å²) < 4.78 is 10.8. The molecule has 1 aromatic rings. The summed E-state index contributed by atoms with van der Waals surface area (Å²) in [6.07, 6.45) is 3.71. The molecule has 3 aliphatic rings. The van der Waals surface area contributed by atoms with Gasteiger partial charge in [0.15, 0.2) is 5.82 Å². The molecule has 0 bridgehead atoms. The average Bonchev–Trinajstić information content (AvgIpc) is 3.28. The predicted molar refractivity (Wildman–Crippen MR) is 77.1 cm³/mol. The highest BCUT2D eigenvalue weighted by Crippen LogP contribution is 2.34. The highest BCUT2D eigenvalue weighted by molar-refractivity contribution is 5.77. The number of likely N-dealkylation sites (tertiary alicyclic amines) is 1. The molecular formula is C15H22N4O3. The molecule has 4 rings (SSSR count). The van der Waals surface area contributed by atoms with E-state index in [1.165, 1.54) is 0 Å². The number of piperidine rings is 1. The van der Waals surface area contributed by atoms with Crippen LogP contribution in [0.4, 0.5) is 0 Å². The highest BCUT2D eigenvalue weighted by Gasteiger charge is 2.38. The topological polar surface area (TPSA) is 71.7 Å². The minimum absolute atomic E-state index is 0.198. The summed E-state index contributed by atoms with van der Waals surface area (Å²) in [7, 11) is 0. The third-order valence-corrected chi connectivity index (χ3v) is 4.73. The Morgan fingerprint density at radius 2 is 2.00 bits per heavy atom. The van der Waals surface area contributed by atoms with Gasteiger partial charge in [-0.2, -0.15) is 4.98 Å². The lowest BCUT2D eigenvalue weighted by molar-refractivity contribution is -0.134. The average molecular weight is 306 g/mol. The van der Waals surface area contributed by atoms with Gasteiger partial charge in [0.05, 0.1) is 25.7 Å². The second kappa shape index (κ2) is 5.96. The fraction of sp³-hybridized carbons (Fsp3) is 0.800. The van der Waals surface area contributed by atoms with Crippen LogP contribution in [-0.2, 0) is 16.1 Å². The number of hydrogen-bond donors (Lipinski definition) is 0. The Kier molecular flexibility index (Phi) is 3.83. The van der Waals surface area contributed by atoms with Crippen molar-refractivity contribution < 1.29 is 14.1 Å². The van der Waals surface area contributed by atoms with Crippen LogP contribution < -0.4 is 0 Å². The first-order chi connectivity index (χ1) is 10.8. The minimum atomic E-state index is 0.198. The maximum atomic E-state index is 12.0. The molecule has 7 heteroatoms. The molecule has 0 radical (unpaired) electrons. The van der Waals surface area contributed by atoms with E-state index < -0.39 is 0 Å². The summed E-state index contributed by atoms with van der Waals surface area (Å²) in [5, 5.41) is 4.12. The van der Waals surface area contributed by atoms with E-state index in [9.17, 15) is 4.79 Å². The van der Waals surface area contributed by atoms with Crippen LogP contribution in [0.3, 0.4) is 0 Å². The molecule has 0 unspecified atom stereocenters. The van der Waals surface area contributed by atoms with Crippen LogP contribution in [0.5, 0.6) is 0 Å². The second-order valence-electron chi connectivity index (χ2n) is 6.45. The zero-order valence-electron chi connectivity index (χ0n) is 12.7. The molecule has 0 N–H and O–H groups in total. The van der Waals surface area contributed by atoms with E-state index >= 15 is 0 Å². The van der Waals surface area contributed by atoms with Crippen LogP contribution in [0.1, 0.15) is 43.3 Å². The van der Waals surface area contributed by atoms with Gasteiger partial charge < -0.3 is 14.2 Å². The van der Waals surface area contributed by atoms with E-state index in [0.29, 0.717) is 24.9 Å². The summed E-state index contributed by atoms with van der Waals surface area (Å²) >= 11 is 0. The van der Waals surface area contributed by atoms with Gasteiger partial charge in [-0.1, -0.05) is 5.16 Å².